The van der Waals surface area contributed by atoms with Gasteiger partial charge in [-0.2, -0.15) is 0 Å². The molecule has 0 aliphatic heterocycles. The lowest BCUT2D eigenvalue weighted by atomic mass is 10.2. The van der Waals surface area contributed by atoms with Crippen LogP contribution in [0, 0.1) is 0 Å². The van der Waals surface area contributed by atoms with Crippen molar-refractivity contribution in [3.63, 3.8) is 0 Å². The third-order valence-electron chi connectivity index (χ3n) is 4.00. The quantitative estimate of drug-likeness (QED) is 0.361. The minimum absolute atomic E-state index is 0.341. The van der Waals surface area contributed by atoms with Gasteiger partial charge in [0.1, 0.15) is 6.61 Å². The second-order valence-electron chi connectivity index (χ2n) is 6.01. The van der Waals surface area contributed by atoms with Crippen molar-refractivity contribution in [1.29, 1.82) is 0 Å². The van der Waals surface area contributed by atoms with E-state index in [1.54, 1.807) is 19.2 Å². The van der Waals surface area contributed by atoms with Gasteiger partial charge in [0.15, 0.2) is 11.5 Å². The molecule has 0 aliphatic rings. The summed E-state index contributed by atoms with van der Waals surface area (Å²) in [5.41, 5.74) is 2.94. The molecular weight excluding hydrogens is 484 g/mol. The molecule has 3 aromatic carbocycles. The average Bonchev–Trinajstić information content (AvgIpc) is 2.69. The van der Waals surface area contributed by atoms with E-state index in [2.05, 4.69) is 21.2 Å². The summed E-state index contributed by atoms with van der Waals surface area (Å²) in [5.74, 6) is 1.27. The minimum atomic E-state index is 0.341. The van der Waals surface area contributed by atoms with Gasteiger partial charge in [-0.3, -0.25) is 0 Å². The first-order valence-electron chi connectivity index (χ1n) is 8.39. The fourth-order valence-corrected chi connectivity index (χ4v) is 3.62. The van der Waals surface area contributed by atoms with E-state index in [0.717, 1.165) is 21.3 Å². The molecule has 0 bridgehead atoms. The summed E-state index contributed by atoms with van der Waals surface area (Å²) in [5, 5.41) is 5.07. The average molecular weight is 502 g/mol. The maximum Gasteiger partial charge on any atom is 0.175 e. The maximum absolute atomic E-state index is 6.06. The molecule has 0 unspecified atom stereocenters. The molecule has 0 radical (unpaired) electrons. The molecule has 0 saturated carbocycles. The normalized spacial score (nSPS) is 10.6. The lowest BCUT2D eigenvalue weighted by molar-refractivity contribution is 0.282. The molecule has 0 saturated heterocycles. The molecule has 0 atom stereocenters. The highest BCUT2D eigenvalue weighted by atomic mass is 79.9. The smallest absolute Gasteiger partial charge is 0.175 e. The van der Waals surface area contributed by atoms with Gasteiger partial charge in [-0.05, 0) is 75.6 Å². The van der Waals surface area contributed by atoms with Crippen LogP contribution < -0.4 is 14.8 Å². The van der Waals surface area contributed by atoms with Crippen molar-refractivity contribution >= 4 is 56.4 Å². The summed E-state index contributed by atoms with van der Waals surface area (Å²) in [6, 6.07) is 16.9. The van der Waals surface area contributed by atoms with Crippen LogP contribution >= 0.6 is 50.7 Å². The molecule has 0 heterocycles. The van der Waals surface area contributed by atoms with E-state index in [4.69, 9.17) is 44.3 Å². The molecule has 7 heteroatoms. The standard InChI is InChI=1S/C21H17BrCl3NO2/c1-27-20-10-14(11-26-16-5-3-15(23)4-6-16)8-17(22)21(20)28-12-13-2-7-18(24)19(25)9-13/h2-10,26H,11-12H2,1H3. The van der Waals surface area contributed by atoms with Crippen LogP contribution in [0.5, 0.6) is 11.5 Å². The zero-order valence-corrected chi connectivity index (χ0v) is 18.8. The van der Waals surface area contributed by atoms with Crippen molar-refractivity contribution in [2.24, 2.45) is 0 Å². The fraction of sp³-hybridized carbons (Fsp3) is 0.143. The number of methoxy groups -OCH3 is 1. The van der Waals surface area contributed by atoms with E-state index >= 15 is 0 Å². The predicted octanol–water partition coefficient (Wildman–Crippen LogP) is 7.61. The molecule has 28 heavy (non-hydrogen) atoms. The Morgan fingerprint density at radius 2 is 1.64 bits per heavy atom. The first-order valence-corrected chi connectivity index (χ1v) is 10.3. The van der Waals surface area contributed by atoms with Gasteiger partial charge < -0.3 is 14.8 Å². The second-order valence-corrected chi connectivity index (χ2v) is 8.11. The molecule has 0 fully saturated rings. The Balaban J connectivity index is 1.71. The fourth-order valence-electron chi connectivity index (χ4n) is 2.57. The topological polar surface area (TPSA) is 30.5 Å². The highest BCUT2D eigenvalue weighted by molar-refractivity contribution is 9.10. The number of rotatable bonds is 7. The molecule has 3 aromatic rings. The third kappa shape index (κ3) is 5.48. The van der Waals surface area contributed by atoms with Crippen LogP contribution in [-0.2, 0) is 13.2 Å². The molecule has 0 aromatic heterocycles. The van der Waals surface area contributed by atoms with Crippen molar-refractivity contribution in [1.82, 2.24) is 0 Å². The largest absolute Gasteiger partial charge is 0.493 e. The van der Waals surface area contributed by atoms with Crippen molar-refractivity contribution in [3.05, 3.63) is 85.3 Å². The first-order chi connectivity index (χ1) is 13.5. The zero-order chi connectivity index (χ0) is 20.1. The monoisotopic (exact) mass is 499 g/mol. The number of nitrogens with one attached hydrogen (secondary N) is 1. The van der Waals surface area contributed by atoms with Crippen LogP contribution in [0.25, 0.3) is 0 Å². The van der Waals surface area contributed by atoms with Crippen LogP contribution in [0.3, 0.4) is 0 Å². The number of hydrogen-bond acceptors (Lipinski definition) is 3. The number of benzene rings is 3. The van der Waals surface area contributed by atoms with Gasteiger partial charge in [-0.1, -0.05) is 40.9 Å². The predicted molar refractivity (Wildman–Crippen MR) is 120 cm³/mol. The lowest BCUT2D eigenvalue weighted by Crippen LogP contribution is -2.03. The SMILES string of the molecule is COc1cc(CNc2ccc(Cl)cc2)cc(Br)c1OCc1ccc(Cl)c(Cl)c1. The molecule has 3 nitrogen and oxygen atoms in total. The number of hydrogen-bond donors (Lipinski definition) is 1. The Morgan fingerprint density at radius 1 is 0.893 bits per heavy atom. The highest BCUT2D eigenvalue weighted by Crippen LogP contribution is 2.37. The van der Waals surface area contributed by atoms with Crippen LogP contribution in [0.1, 0.15) is 11.1 Å². The van der Waals surface area contributed by atoms with E-state index in [1.807, 2.05) is 42.5 Å². The van der Waals surface area contributed by atoms with Crippen LogP contribution in [0.15, 0.2) is 59.1 Å². The number of halogens is 4. The van der Waals surface area contributed by atoms with Gasteiger partial charge in [-0.15, -0.1) is 0 Å². The molecule has 3 rings (SSSR count). The maximum atomic E-state index is 6.06. The number of anilines is 1. The van der Waals surface area contributed by atoms with Crippen LogP contribution in [0.4, 0.5) is 5.69 Å². The Bertz CT molecular complexity index is 965. The van der Waals surface area contributed by atoms with Gasteiger partial charge in [0.2, 0.25) is 0 Å². The van der Waals surface area contributed by atoms with E-state index in [-0.39, 0.29) is 0 Å². The molecule has 0 spiro atoms. The molecule has 0 amide bonds. The first kappa shape index (κ1) is 21.1. The molecule has 0 aliphatic carbocycles. The Morgan fingerprint density at radius 3 is 2.32 bits per heavy atom. The van der Waals surface area contributed by atoms with Crippen LogP contribution in [0.2, 0.25) is 15.1 Å². The Labute approximate surface area is 187 Å². The molecular formula is C21H17BrCl3NO2. The summed E-state index contributed by atoms with van der Waals surface area (Å²) >= 11 is 21.5. The minimum Gasteiger partial charge on any atom is -0.493 e. The summed E-state index contributed by atoms with van der Waals surface area (Å²) in [4.78, 5) is 0. The van der Waals surface area contributed by atoms with Gasteiger partial charge in [0, 0.05) is 17.3 Å². The van der Waals surface area contributed by atoms with Crippen LogP contribution in [-0.4, -0.2) is 7.11 Å². The molecule has 146 valence electrons. The van der Waals surface area contributed by atoms with Gasteiger partial charge >= 0.3 is 0 Å². The summed E-state index contributed by atoms with van der Waals surface area (Å²) in [7, 11) is 1.62. The Hall–Kier alpha value is -1.59. The summed E-state index contributed by atoms with van der Waals surface area (Å²) < 4.78 is 12.3. The number of ether oxygens (including phenoxy) is 2. The van der Waals surface area contributed by atoms with Crippen molar-refractivity contribution in [2.45, 2.75) is 13.2 Å². The van der Waals surface area contributed by atoms with Crippen molar-refractivity contribution < 1.29 is 9.47 Å². The van der Waals surface area contributed by atoms with Crippen molar-refractivity contribution in [2.75, 3.05) is 12.4 Å². The molecule has 1 N–H and O–H groups in total. The summed E-state index contributed by atoms with van der Waals surface area (Å²) in [6.07, 6.45) is 0. The Kier molecular flexibility index (Phi) is 7.36. The summed E-state index contributed by atoms with van der Waals surface area (Å²) in [6.45, 7) is 0.970. The highest BCUT2D eigenvalue weighted by Gasteiger charge is 2.12. The van der Waals surface area contributed by atoms with Gasteiger partial charge in [0.25, 0.3) is 0 Å². The van der Waals surface area contributed by atoms with E-state index in [0.29, 0.717) is 39.7 Å². The third-order valence-corrected chi connectivity index (χ3v) is 5.58. The lowest BCUT2D eigenvalue weighted by Gasteiger charge is -2.15. The van der Waals surface area contributed by atoms with Gasteiger partial charge in [0.05, 0.1) is 21.6 Å². The van der Waals surface area contributed by atoms with E-state index in [1.165, 1.54) is 0 Å². The van der Waals surface area contributed by atoms with E-state index in [9.17, 15) is 0 Å². The van der Waals surface area contributed by atoms with Crippen molar-refractivity contribution in [3.8, 4) is 11.5 Å². The zero-order valence-electron chi connectivity index (χ0n) is 14.9. The second kappa shape index (κ2) is 9.75. The van der Waals surface area contributed by atoms with E-state index < -0.39 is 0 Å². The van der Waals surface area contributed by atoms with Gasteiger partial charge in [-0.25, -0.2) is 0 Å².